The number of hydrogen-bond donors (Lipinski definition) is 0. The van der Waals surface area contributed by atoms with Gasteiger partial charge in [0.25, 0.3) is 10.1 Å². The number of benzene rings is 1. The molecule has 0 radical (unpaired) electrons. The molecule has 4 aliphatic rings. The molecule has 7 atom stereocenters. The number of methoxy groups -OCH3 is 1. The number of carbonyl (C=O) groups excluding carboxylic acids is 2. The second kappa shape index (κ2) is 9.76. The van der Waals surface area contributed by atoms with Gasteiger partial charge < -0.3 is 9.47 Å². The van der Waals surface area contributed by atoms with Gasteiger partial charge >= 0.3 is 5.97 Å². The molecule has 3 saturated carbocycles. The number of cyclic esters (lactones) is 1. The molecule has 7 nitrogen and oxygen atoms in total. The molecular weight excluding hydrogens is 536 g/mol. The summed E-state index contributed by atoms with van der Waals surface area (Å²) in [7, 11) is -1.95. The van der Waals surface area contributed by atoms with E-state index in [1.807, 2.05) is 24.3 Å². The minimum atomic E-state index is -3.56. The zero-order valence-corrected chi connectivity index (χ0v) is 25.6. The van der Waals surface area contributed by atoms with Crippen LogP contribution in [-0.2, 0) is 28.6 Å². The molecule has 1 aliphatic heterocycles. The molecule has 0 N–H and O–H groups in total. The van der Waals surface area contributed by atoms with Gasteiger partial charge in [-0.3, -0.25) is 13.8 Å². The summed E-state index contributed by atoms with van der Waals surface area (Å²) in [4.78, 5) is 27.6. The van der Waals surface area contributed by atoms with E-state index in [2.05, 4.69) is 27.7 Å². The number of fused-ring (bicyclic) bond motifs is 4. The summed E-state index contributed by atoms with van der Waals surface area (Å²) in [5, 5.41) is 0.0790. The third-order valence-electron chi connectivity index (χ3n) is 11.3. The predicted molar refractivity (Wildman–Crippen MR) is 150 cm³/mol. The van der Waals surface area contributed by atoms with Crippen LogP contribution in [0.2, 0.25) is 0 Å². The molecule has 5 rings (SSSR count). The maximum absolute atomic E-state index is 14.0. The molecule has 0 bridgehead atoms. The Bertz CT molecular complexity index is 1260. The van der Waals surface area contributed by atoms with Crippen LogP contribution in [0.15, 0.2) is 29.2 Å². The minimum absolute atomic E-state index is 0.0592. The van der Waals surface area contributed by atoms with E-state index < -0.39 is 15.5 Å². The second-order valence-electron chi connectivity index (χ2n) is 13.4. The molecule has 1 aromatic rings. The van der Waals surface area contributed by atoms with Gasteiger partial charge in [0.15, 0.2) is 5.12 Å². The first-order chi connectivity index (χ1) is 18.2. The molecule has 3 aliphatic carbocycles. The Morgan fingerprint density at radius 1 is 1.03 bits per heavy atom. The number of thioether (sulfide) groups is 1. The monoisotopic (exact) mass is 578 g/mol. The Morgan fingerprint density at radius 3 is 2.38 bits per heavy atom. The summed E-state index contributed by atoms with van der Waals surface area (Å²) >= 11 is 1.22. The number of carbonyl (C=O) groups is 2. The molecular formula is C30H42O7S2. The highest BCUT2D eigenvalue weighted by atomic mass is 32.2. The van der Waals surface area contributed by atoms with Crippen LogP contribution >= 0.6 is 11.8 Å². The molecule has 4 fully saturated rings. The van der Waals surface area contributed by atoms with Crippen molar-refractivity contribution < 1.29 is 31.7 Å². The second-order valence-corrected chi connectivity index (χ2v) is 16.1. The van der Waals surface area contributed by atoms with Crippen molar-refractivity contribution in [2.45, 2.75) is 83.6 Å². The van der Waals surface area contributed by atoms with Gasteiger partial charge in [-0.05, 0) is 90.5 Å². The van der Waals surface area contributed by atoms with Gasteiger partial charge in [-0.2, -0.15) is 8.42 Å². The summed E-state index contributed by atoms with van der Waals surface area (Å²) in [6.07, 6.45) is 5.97. The fraction of sp³-hybridized carbons (Fsp3) is 0.733. The SMILES string of the molecule is COc1ccccc1SC(=O)[C@H]1CC[C@@H]2[C@@]3(C)CC[C@H](OS(C)(=O)=O)C(C)(C)C3CC[C@@]2(C)[C@@]12COC(=O)C2. The molecule has 216 valence electrons. The summed E-state index contributed by atoms with van der Waals surface area (Å²) in [6, 6.07) is 7.56. The van der Waals surface area contributed by atoms with E-state index in [4.69, 9.17) is 13.7 Å². The van der Waals surface area contributed by atoms with Crippen molar-refractivity contribution in [3.8, 4) is 5.75 Å². The molecule has 1 unspecified atom stereocenters. The van der Waals surface area contributed by atoms with Crippen LogP contribution in [0.5, 0.6) is 5.75 Å². The molecule has 1 saturated heterocycles. The van der Waals surface area contributed by atoms with Gasteiger partial charge in [0.05, 0.1) is 37.4 Å². The van der Waals surface area contributed by atoms with E-state index in [-0.39, 0.29) is 64.2 Å². The van der Waals surface area contributed by atoms with Crippen LogP contribution in [0.1, 0.15) is 72.6 Å². The standard InChI is InChI=1S/C30H42O7S2/c1-27(2)22-13-16-29(4)23(28(22,3)15-14-24(27)37-39(6,33)34)12-11-19(30(29)17-25(31)36-18-30)26(32)38-21-10-8-7-9-20(21)35-5/h7-10,19,22-24H,11-18H2,1-6H3/t19-,22?,23-,24+,28+,29-,30+/m1/s1. The number of rotatable bonds is 5. The van der Waals surface area contributed by atoms with Gasteiger partial charge in [-0.25, -0.2) is 0 Å². The van der Waals surface area contributed by atoms with Gasteiger partial charge in [0.2, 0.25) is 0 Å². The fourth-order valence-electron chi connectivity index (χ4n) is 9.55. The number of ether oxygens (including phenoxy) is 2. The van der Waals surface area contributed by atoms with E-state index in [0.717, 1.165) is 36.8 Å². The van der Waals surface area contributed by atoms with E-state index in [1.54, 1.807) is 7.11 Å². The Kier molecular flexibility index (Phi) is 7.24. The maximum atomic E-state index is 14.0. The van der Waals surface area contributed by atoms with Crippen molar-refractivity contribution in [2.75, 3.05) is 20.0 Å². The fourth-order valence-corrected chi connectivity index (χ4v) is 11.4. The molecule has 39 heavy (non-hydrogen) atoms. The predicted octanol–water partition coefficient (Wildman–Crippen LogP) is 5.86. The van der Waals surface area contributed by atoms with Crippen molar-refractivity contribution in [3.63, 3.8) is 0 Å². The van der Waals surface area contributed by atoms with Gasteiger partial charge in [0.1, 0.15) is 5.75 Å². The third kappa shape index (κ3) is 4.55. The lowest BCUT2D eigenvalue weighted by Gasteiger charge is -2.69. The quantitative estimate of drug-likeness (QED) is 0.244. The zero-order valence-electron chi connectivity index (χ0n) is 23.9. The highest BCUT2D eigenvalue weighted by molar-refractivity contribution is 8.13. The van der Waals surface area contributed by atoms with Crippen molar-refractivity contribution in [3.05, 3.63) is 24.3 Å². The largest absolute Gasteiger partial charge is 0.496 e. The van der Waals surface area contributed by atoms with Crippen LogP contribution in [0.4, 0.5) is 0 Å². The number of esters is 1. The lowest BCUT2D eigenvalue weighted by atomic mass is 9.35. The van der Waals surface area contributed by atoms with Crippen molar-refractivity contribution in [1.29, 1.82) is 0 Å². The Morgan fingerprint density at radius 2 is 1.74 bits per heavy atom. The van der Waals surface area contributed by atoms with Gasteiger partial charge in [-0.15, -0.1) is 0 Å². The van der Waals surface area contributed by atoms with Crippen LogP contribution in [0, 0.1) is 39.4 Å². The van der Waals surface area contributed by atoms with E-state index in [1.165, 1.54) is 11.8 Å². The molecule has 0 aromatic heterocycles. The van der Waals surface area contributed by atoms with Gasteiger partial charge in [-0.1, -0.05) is 39.8 Å². The number of hydrogen-bond acceptors (Lipinski definition) is 8. The Labute approximate surface area is 237 Å². The number of para-hydroxylation sites is 1. The molecule has 1 aromatic carbocycles. The van der Waals surface area contributed by atoms with Gasteiger partial charge in [0, 0.05) is 11.3 Å². The van der Waals surface area contributed by atoms with Crippen LogP contribution in [-0.4, -0.2) is 45.6 Å². The smallest absolute Gasteiger partial charge is 0.306 e. The Hall–Kier alpha value is -1.58. The summed E-state index contributed by atoms with van der Waals surface area (Å²) < 4.78 is 41.0. The van der Waals surface area contributed by atoms with Crippen molar-refractivity contribution in [2.24, 2.45) is 39.4 Å². The molecule has 1 spiro atoms. The first-order valence-corrected chi connectivity index (χ1v) is 16.7. The van der Waals surface area contributed by atoms with Crippen LogP contribution in [0.3, 0.4) is 0 Å². The first kappa shape index (κ1) is 28.9. The first-order valence-electron chi connectivity index (χ1n) is 14.1. The highest BCUT2D eigenvalue weighted by Gasteiger charge is 2.71. The third-order valence-corrected chi connectivity index (χ3v) is 13.0. The maximum Gasteiger partial charge on any atom is 0.306 e. The average Bonchev–Trinajstić information content (AvgIpc) is 3.24. The minimum Gasteiger partial charge on any atom is -0.496 e. The van der Waals surface area contributed by atoms with E-state index in [9.17, 15) is 18.0 Å². The summed E-state index contributed by atoms with van der Waals surface area (Å²) in [6.45, 7) is 9.27. The lowest BCUT2D eigenvalue weighted by molar-refractivity contribution is -0.222. The van der Waals surface area contributed by atoms with Crippen LogP contribution in [0.25, 0.3) is 0 Å². The average molecular weight is 579 g/mol. The Balaban J connectivity index is 1.49. The van der Waals surface area contributed by atoms with E-state index >= 15 is 0 Å². The van der Waals surface area contributed by atoms with Crippen molar-refractivity contribution >= 4 is 33.0 Å². The summed E-state index contributed by atoms with van der Waals surface area (Å²) in [5.74, 6) is 0.728. The zero-order chi connectivity index (χ0) is 28.4. The van der Waals surface area contributed by atoms with Crippen LogP contribution < -0.4 is 4.74 Å². The highest BCUT2D eigenvalue weighted by Crippen LogP contribution is 2.74. The topological polar surface area (TPSA) is 96.0 Å². The molecule has 0 amide bonds. The molecule has 9 heteroatoms. The van der Waals surface area contributed by atoms with Crippen molar-refractivity contribution in [1.82, 2.24) is 0 Å². The van der Waals surface area contributed by atoms with E-state index in [0.29, 0.717) is 18.6 Å². The summed E-state index contributed by atoms with van der Waals surface area (Å²) in [5.41, 5.74) is -1.20. The lowest BCUT2D eigenvalue weighted by Crippen LogP contribution is -2.66. The normalized spacial score (nSPS) is 39.5. The molecule has 1 heterocycles.